The molecule has 0 saturated heterocycles. The van der Waals surface area contributed by atoms with Crippen LogP contribution in [-0.4, -0.2) is 85.2 Å². The van der Waals surface area contributed by atoms with Crippen molar-refractivity contribution in [1.82, 2.24) is 9.80 Å². The number of fused-ring (bicyclic) bond motifs is 2. The minimum atomic E-state index is -0.497. The number of halogens is 2. The lowest BCUT2D eigenvalue weighted by molar-refractivity contribution is -0.0177. The minimum absolute atomic E-state index is 0.0933. The topological polar surface area (TPSA) is 122 Å². The first-order chi connectivity index (χ1) is 24.0. The van der Waals surface area contributed by atoms with E-state index in [1.54, 1.807) is 47.4 Å². The molecule has 3 aromatic rings. The normalized spacial score (nSPS) is 20.4. The number of urea groups is 1. The van der Waals surface area contributed by atoms with Crippen molar-refractivity contribution in [3.63, 3.8) is 0 Å². The molecule has 13 heteroatoms. The molecular weight excluding hydrogens is 683 g/mol. The first-order valence-corrected chi connectivity index (χ1v) is 17.7. The molecule has 0 aliphatic carbocycles. The van der Waals surface area contributed by atoms with Gasteiger partial charge in [-0.2, -0.15) is 0 Å². The zero-order valence-electron chi connectivity index (χ0n) is 28.9. The third-order valence-electron chi connectivity index (χ3n) is 8.87. The Morgan fingerprint density at radius 1 is 0.980 bits per heavy atom. The molecular formula is C37H46Cl2N4O7. The molecule has 0 saturated carbocycles. The summed E-state index contributed by atoms with van der Waals surface area (Å²) in [6.45, 7) is 7.89. The molecule has 2 aliphatic rings. The van der Waals surface area contributed by atoms with Crippen LogP contribution in [0.3, 0.4) is 0 Å². The average molecular weight is 730 g/mol. The molecule has 0 aromatic heterocycles. The lowest BCUT2D eigenvalue weighted by Gasteiger charge is -2.36. The number of carbonyl (C=O) groups excluding carboxylic acids is 2. The number of hydrogen-bond acceptors (Lipinski definition) is 8. The van der Waals surface area contributed by atoms with Crippen molar-refractivity contribution in [2.75, 3.05) is 50.8 Å². The Balaban J connectivity index is 1.36. The molecule has 0 unspecified atom stereocenters. The van der Waals surface area contributed by atoms with Gasteiger partial charge in [0.1, 0.15) is 5.75 Å². The van der Waals surface area contributed by atoms with E-state index in [1.807, 2.05) is 33.0 Å². The quantitative estimate of drug-likeness (QED) is 0.221. The fourth-order valence-electron chi connectivity index (χ4n) is 6.05. The molecule has 0 spiro atoms. The number of ether oxygens (including phenoxy) is 4. The SMILES string of the molecule is C[C@@H]1CCCCO[C@H](CN(C)Cc2ccc(Cl)c(Cl)c2)[C@H](C)CN([C@@H](C)CO)C(=O)c2cc(NC(=O)Nc3ccc4c(c3)OCO4)ccc2O1. The first-order valence-electron chi connectivity index (χ1n) is 16.9. The van der Waals surface area contributed by atoms with Gasteiger partial charge in [0, 0.05) is 49.6 Å². The van der Waals surface area contributed by atoms with Crippen LogP contribution in [0.15, 0.2) is 54.6 Å². The molecule has 3 N–H and O–H groups in total. The fourth-order valence-corrected chi connectivity index (χ4v) is 6.37. The van der Waals surface area contributed by atoms with Crippen LogP contribution in [0.25, 0.3) is 0 Å². The van der Waals surface area contributed by atoms with E-state index in [2.05, 4.69) is 22.5 Å². The van der Waals surface area contributed by atoms with E-state index >= 15 is 0 Å². The zero-order chi connectivity index (χ0) is 35.8. The molecule has 270 valence electrons. The molecule has 2 heterocycles. The van der Waals surface area contributed by atoms with Crippen molar-refractivity contribution in [3.8, 4) is 17.2 Å². The molecule has 50 heavy (non-hydrogen) atoms. The summed E-state index contributed by atoms with van der Waals surface area (Å²) in [7, 11) is 2.02. The van der Waals surface area contributed by atoms with E-state index in [0.717, 1.165) is 24.8 Å². The summed E-state index contributed by atoms with van der Waals surface area (Å²) < 4.78 is 23.6. The number of benzene rings is 3. The van der Waals surface area contributed by atoms with E-state index in [-0.39, 0.29) is 43.0 Å². The Labute approximate surface area is 303 Å². The molecule has 0 bridgehead atoms. The minimum Gasteiger partial charge on any atom is -0.490 e. The van der Waals surface area contributed by atoms with Crippen molar-refractivity contribution in [1.29, 1.82) is 0 Å². The van der Waals surface area contributed by atoms with Gasteiger partial charge in [0.05, 0.1) is 40.5 Å². The van der Waals surface area contributed by atoms with E-state index in [4.69, 9.17) is 42.1 Å². The number of likely N-dealkylation sites (N-methyl/N-ethyl adjacent to an activating group) is 1. The smallest absolute Gasteiger partial charge is 0.323 e. The highest BCUT2D eigenvalue weighted by atomic mass is 35.5. The maximum Gasteiger partial charge on any atom is 0.323 e. The molecule has 5 rings (SSSR count). The van der Waals surface area contributed by atoms with Crippen molar-refractivity contribution in [2.45, 2.75) is 64.8 Å². The Kier molecular flexibility index (Phi) is 13.1. The van der Waals surface area contributed by atoms with Crippen LogP contribution in [-0.2, 0) is 11.3 Å². The van der Waals surface area contributed by atoms with Gasteiger partial charge in [-0.1, -0.05) is 36.2 Å². The van der Waals surface area contributed by atoms with Gasteiger partial charge in [0.25, 0.3) is 5.91 Å². The molecule has 3 amide bonds. The summed E-state index contributed by atoms with van der Waals surface area (Å²) >= 11 is 12.4. The van der Waals surface area contributed by atoms with Crippen LogP contribution in [0.5, 0.6) is 17.2 Å². The number of amides is 3. The molecule has 3 aromatic carbocycles. The summed E-state index contributed by atoms with van der Waals surface area (Å²) in [5.74, 6) is 1.16. The maximum absolute atomic E-state index is 14.4. The number of rotatable bonds is 8. The van der Waals surface area contributed by atoms with Crippen LogP contribution in [0.4, 0.5) is 16.2 Å². The lowest BCUT2D eigenvalue weighted by Crippen LogP contribution is -2.47. The summed E-state index contributed by atoms with van der Waals surface area (Å²) in [5.41, 5.74) is 2.24. The van der Waals surface area contributed by atoms with E-state index < -0.39 is 12.1 Å². The van der Waals surface area contributed by atoms with Gasteiger partial charge >= 0.3 is 6.03 Å². The first kappa shape index (κ1) is 37.5. The van der Waals surface area contributed by atoms with Gasteiger partial charge in [-0.05, 0) is 88.2 Å². The van der Waals surface area contributed by atoms with Crippen molar-refractivity contribution in [2.24, 2.45) is 5.92 Å². The number of hydrogen-bond donors (Lipinski definition) is 3. The standard InChI is InChI=1S/C37H46Cl2N4O7/c1-23-18-43(24(2)21-44)36(45)29-16-27(40-37(46)41-28-10-13-33-34(17-28)49-22-48-33)9-12-32(29)50-25(3)7-5-6-14-47-35(23)20-42(4)19-26-8-11-30(38)31(39)15-26/h8-13,15-17,23-25,35,44H,5-7,14,18-22H2,1-4H3,(H2,40,41,46)/t23-,24+,25-,35-/m1/s1. The van der Waals surface area contributed by atoms with Gasteiger partial charge in [0.15, 0.2) is 11.5 Å². The Morgan fingerprint density at radius 3 is 2.44 bits per heavy atom. The predicted octanol–water partition coefficient (Wildman–Crippen LogP) is 7.29. The summed E-state index contributed by atoms with van der Waals surface area (Å²) in [5, 5.41) is 16.9. The van der Waals surface area contributed by atoms with E-state index in [9.17, 15) is 14.7 Å². The van der Waals surface area contributed by atoms with Crippen molar-refractivity contribution in [3.05, 3.63) is 75.8 Å². The highest BCUT2D eigenvalue weighted by molar-refractivity contribution is 6.42. The van der Waals surface area contributed by atoms with Gasteiger partial charge in [-0.25, -0.2) is 4.79 Å². The monoisotopic (exact) mass is 728 g/mol. The van der Waals surface area contributed by atoms with Gasteiger partial charge < -0.3 is 39.6 Å². The summed E-state index contributed by atoms with van der Waals surface area (Å²) in [4.78, 5) is 31.3. The molecule has 11 nitrogen and oxygen atoms in total. The highest BCUT2D eigenvalue weighted by Crippen LogP contribution is 2.34. The highest BCUT2D eigenvalue weighted by Gasteiger charge is 2.30. The molecule has 0 fully saturated rings. The second-order valence-corrected chi connectivity index (χ2v) is 13.9. The number of carbonyl (C=O) groups is 2. The maximum atomic E-state index is 14.4. The van der Waals surface area contributed by atoms with Crippen LogP contribution in [0, 0.1) is 5.92 Å². The fraction of sp³-hybridized carbons (Fsp3) is 0.459. The van der Waals surface area contributed by atoms with E-state index in [1.165, 1.54) is 0 Å². The van der Waals surface area contributed by atoms with Gasteiger partial charge in [0.2, 0.25) is 6.79 Å². The Morgan fingerprint density at radius 2 is 1.70 bits per heavy atom. The van der Waals surface area contributed by atoms with Crippen molar-refractivity contribution < 1.29 is 33.6 Å². The van der Waals surface area contributed by atoms with Crippen LogP contribution in [0.2, 0.25) is 10.0 Å². The third kappa shape index (κ3) is 9.95. The second kappa shape index (κ2) is 17.5. The number of anilines is 2. The molecule has 4 atom stereocenters. The van der Waals surface area contributed by atoms with Crippen LogP contribution in [0.1, 0.15) is 56.0 Å². The molecule has 2 aliphatic heterocycles. The average Bonchev–Trinajstić information content (AvgIpc) is 3.55. The number of nitrogens with one attached hydrogen (secondary N) is 2. The molecule has 0 radical (unpaired) electrons. The largest absolute Gasteiger partial charge is 0.490 e. The van der Waals surface area contributed by atoms with E-state index in [0.29, 0.717) is 64.9 Å². The lowest BCUT2D eigenvalue weighted by atomic mass is 10.0. The van der Waals surface area contributed by atoms with Gasteiger partial charge in [-0.15, -0.1) is 0 Å². The third-order valence-corrected chi connectivity index (χ3v) is 9.61. The van der Waals surface area contributed by atoms with Crippen LogP contribution >= 0.6 is 23.2 Å². The Hall–Kier alpha value is -3.74. The van der Waals surface area contributed by atoms with Gasteiger partial charge in [-0.3, -0.25) is 9.69 Å². The number of aliphatic hydroxyl groups excluding tert-OH is 1. The van der Waals surface area contributed by atoms with Crippen molar-refractivity contribution >= 4 is 46.5 Å². The summed E-state index contributed by atoms with van der Waals surface area (Å²) in [6, 6.07) is 14.8. The number of nitrogens with zero attached hydrogens (tertiary/aromatic N) is 2. The predicted molar refractivity (Wildman–Crippen MR) is 195 cm³/mol. The zero-order valence-corrected chi connectivity index (χ0v) is 30.4. The number of aliphatic hydroxyl groups is 1. The Bertz CT molecular complexity index is 1640. The summed E-state index contributed by atoms with van der Waals surface area (Å²) in [6.07, 6.45) is 2.14. The second-order valence-electron chi connectivity index (χ2n) is 13.1. The van der Waals surface area contributed by atoms with Crippen LogP contribution < -0.4 is 24.8 Å².